The van der Waals surface area contributed by atoms with Crippen LogP contribution in [-0.4, -0.2) is 18.6 Å². The molecule has 0 saturated heterocycles. The van der Waals surface area contributed by atoms with Gasteiger partial charge in [0, 0.05) is 16.8 Å². The molecule has 0 fully saturated rings. The highest BCUT2D eigenvalue weighted by Crippen LogP contribution is 2.32. The zero-order chi connectivity index (χ0) is 20.4. The average Bonchev–Trinajstić information content (AvgIpc) is 3.18. The first-order valence-corrected chi connectivity index (χ1v) is 8.57. The molecule has 0 unspecified atom stereocenters. The Hall–Kier alpha value is -3.94. The van der Waals surface area contributed by atoms with Gasteiger partial charge in [-0.25, -0.2) is 8.78 Å². The number of ether oxygens (including phenoxy) is 2. The molecule has 3 aromatic carbocycles. The highest BCUT2D eigenvalue weighted by Gasteiger charge is 2.17. The second-order valence-corrected chi connectivity index (χ2v) is 6.18. The van der Waals surface area contributed by atoms with E-state index >= 15 is 0 Å². The van der Waals surface area contributed by atoms with E-state index in [1.54, 1.807) is 18.2 Å². The number of amides is 2. The molecular formula is C21H14F2N2O4. The van der Waals surface area contributed by atoms with Crippen LogP contribution in [0.5, 0.6) is 11.5 Å². The van der Waals surface area contributed by atoms with E-state index < -0.39 is 23.4 Å². The normalized spacial score (nSPS) is 11.8. The Kier molecular flexibility index (Phi) is 4.82. The zero-order valence-electron chi connectivity index (χ0n) is 14.9. The molecule has 6 nitrogen and oxygen atoms in total. The van der Waals surface area contributed by atoms with E-state index in [1.807, 2.05) is 0 Å². The molecule has 146 valence electrons. The van der Waals surface area contributed by atoms with Crippen LogP contribution >= 0.6 is 0 Å². The lowest BCUT2D eigenvalue weighted by Crippen LogP contribution is -2.15. The lowest BCUT2D eigenvalue weighted by atomic mass is 10.1. The molecule has 8 heteroatoms. The summed E-state index contributed by atoms with van der Waals surface area (Å²) >= 11 is 0. The molecule has 2 amide bonds. The summed E-state index contributed by atoms with van der Waals surface area (Å²) in [6, 6.07) is 13.4. The maximum atomic E-state index is 14.1. The van der Waals surface area contributed by atoms with Gasteiger partial charge in [0.2, 0.25) is 6.79 Å². The van der Waals surface area contributed by atoms with Gasteiger partial charge < -0.3 is 20.1 Å². The third-order valence-corrected chi connectivity index (χ3v) is 4.21. The van der Waals surface area contributed by atoms with Crippen LogP contribution in [0, 0.1) is 11.6 Å². The molecule has 0 aliphatic carbocycles. The number of carbonyl (C=O) groups excluding carboxylic acids is 2. The Bertz CT molecular complexity index is 1100. The molecule has 0 radical (unpaired) electrons. The summed E-state index contributed by atoms with van der Waals surface area (Å²) in [6.45, 7) is 0.0927. The quantitative estimate of drug-likeness (QED) is 0.693. The van der Waals surface area contributed by atoms with Crippen molar-refractivity contribution in [3.63, 3.8) is 0 Å². The second kappa shape index (κ2) is 7.59. The molecule has 1 aliphatic rings. The third-order valence-electron chi connectivity index (χ3n) is 4.21. The van der Waals surface area contributed by atoms with Gasteiger partial charge in [-0.15, -0.1) is 0 Å². The van der Waals surface area contributed by atoms with Gasteiger partial charge in [0.1, 0.15) is 11.6 Å². The van der Waals surface area contributed by atoms with Gasteiger partial charge in [0.15, 0.2) is 11.5 Å². The topological polar surface area (TPSA) is 76.7 Å². The number of fused-ring (bicyclic) bond motifs is 1. The summed E-state index contributed by atoms with van der Waals surface area (Å²) in [6.07, 6.45) is 0. The Labute approximate surface area is 164 Å². The maximum absolute atomic E-state index is 14.1. The van der Waals surface area contributed by atoms with E-state index in [-0.39, 0.29) is 23.7 Å². The second-order valence-electron chi connectivity index (χ2n) is 6.18. The summed E-state index contributed by atoms with van der Waals surface area (Å²) in [5.74, 6) is -1.20. The fraction of sp³-hybridized carbons (Fsp3) is 0.0476. The van der Waals surface area contributed by atoms with E-state index in [2.05, 4.69) is 10.6 Å². The fourth-order valence-corrected chi connectivity index (χ4v) is 2.74. The van der Waals surface area contributed by atoms with Crippen LogP contribution in [-0.2, 0) is 0 Å². The van der Waals surface area contributed by atoms with E-state index in [1.165, 1.54) is 24.3 Å². The zero-order valence-corrected chi connectivity index (χ0v) is 14.9. The van der Waals surface area contributed by atoms with Crippen LogP contribution < -0.4 is 20.1 Å². The molecule has 1 heterocycles. The number of halogens is 2. The van der Waals surface area contributed by atoms with E-state index in [4.69, 9.17) is 9.47 Å². The van der Waals surface area contributed by atoms with Gasteiger partial charge in [-0.3, -0.25) is 9.59 Å². The van der Waals surface area contributed by atoms with Crippen molar-refractivity contribution in [3.05, 3.63) is 83.4 Å². The predicted octanol–water partition coefficient (Wildman–Crippen LogP) is 4.20. The number of benzene rings is 3. The molecule has 0 spiro atoms. The van der Waals surface area contributed by atoms with Crippen LogP contribution in [0.3, 0.4) is 0 Å². The van der Waals surface area contributed by atoms with Gasteiger partial charge in [0.05, 0.1) is 5.69 Å². The standard InChI is InChI=1S/C21H14F2N2O4/c22-14-4-1-12(2-5-14)20(26)25-17-10-15(6-7-16(17)23)24-21(27)13-3-8-18-19(9-13)29-11-28-18/h1-10H,11H2,(H,24,27)(H,25,26). The molecule has 3 aromatic rings. The molecule has 0 atom stereocenters. The van der Waals surface area contributed by atoms with E-state index in [9.17, 15) is 18.4 Å². The number of nitrogens with one attached hydrogen (secondary N) is 2. The summed E-state index contributed by atoms with van der Waals surface area (Å²) in [4.78, 5) is 24.7. The number of hydrogen-bond donors (Lipinski definition) is 2. The smallest absolute Gasteiger partial charge is 0.255 e. The van der Waals surface area contributed by atoms with Gasteiger partial charge in [-0.2, -0.15) is 0 Å². The van der Waals surface area contributed by atoms with E-state index in [0.717, 1.165) is 18.2 Å². The minimum atomic E-state index is -0.679. The van der Waals surface area contributed by atoms with Crippen LogP contribution in [0.2, 0.25) is 0 Å². The van der Waals surface area contributed by atoms with Crippen LogP contribution in [0.15, 0.2) is 60.7 Å². The Morgan fingerprint density at radius 3 is 2.24 bits per heavy atom. The highest BCUT2D eigenvalue weighted by molar-refractivity contribution is 6.06. The molecule has 2 N–H and O–H groups in total. The summed E-state index contributed by atoms with van der Waals surface area (Å²) in [5, 5.41) is 5.04. The maximum Gasteiger partial charge on any atom is 0.255 e. The third kappa shape index (κ3) is 4.01. The minimum absolute atomic E-state index is 0.0927. The molecule has 0 saturated carbocycles. The highest BCUT2D eigenvalue weighted by atomic mass is 19.1. The van der Waals surface area contributed by atoms with Gasteiger partial charge in [0.25, 0.3) is 11.8 Å². The van der Waals surface area contributed by atoms with Crippen molar-refractivity contribution >= 4 is 23.2 Å². The van der Waals surface area contributed by atoms with Crippen molar-refractivity contribution in [2.75, 3.05) is 17.4 Å². The van der Waals surface area contributed by atoms with Crippen LogP contribution in [0.1, 0.15) is 20.7 Å². The van der Waals surface area contributed by atoms with Crippen molar-refractivity contribution in [1.29, 1.82) is 0 Å². The summed E-state index contributed by atoms with van der Waals surface area (Å²) in [5.41, 5.74) is 0.655. The van der Waals surface area contributed by atoms with Crippen molar-refractivity contribution in [2.24, 2.45) is 0 Å². The molecular weight excluding hydrogens is 382 g/mol. The number of hydrogen-bond acceptors (Lipinski definition) is 4. The largest absolute Gasteiger partial charge is 0.454 e. The van der Waals surface area contributed by atoms with E-state index in [0.29, 0.717) is 17.1 Å². The monoisotopic (exact) mass is 396 g/mol. The van der Waals surface area contributed by atoms with Gasteiger partial charge >= 0.3 is 0 Å². The van der Waals surface area contributed by atoms with Gasteiger partial charge in [-0.1, -0.05) is 0 Å². The SMILES string of the molecule is O=C(Nc1ccc(F)c(NC(=O)c2ccc(F)cc2)c1)c1ccc2c(c1)OCO2. The summed E-state index contributed by atoms with van der Waals surface area (Å²) in [7, 11) is 0. The number of rotatable bonds is 4. The van der Waals surface area contributed by atoms with Crippen LogP contribution in [0.25, 0.3) is 0 Å². The molecule has 4 rings (SSSR count). The molecule has 0 bridgehead atoms. The summed E-state index contributed by atoms with van der Waals surface area (Å²) < 4.78 is 37.5. The first-order chi connectivity index (χ1) is 14.0. The lowest BCUT2D eigenvalue weighted by molar-refractivity contribution is 0.101. The Balaban J connectivity index is 1.50. The minimum Gasteiger partial charge on any atom is -0.454 e. The fourth-order valence-electron chi connectivity index (χ4n) is 2.74. The number of carbonyl (C=O) groups is 2. The Morgan fingerprint density at radius 1 is 0.759 bits per heavy atom. The first kappa shape index (κ1) is 18.4. The first-order valence-electron chi connectivity index (χ1n) is 8.57. The Morgan fingerprint density at radius 2 is 1.45 bits per heavy atom. The van der Waals surface area contributed by atoms with Crippen molar-refractivity contribution in [2.45, 2.75) is 0 Å². The van der Waals surface area contributed by atoms with Gasteiger partial charge in [-0.05, 0) is 60.7 Å². The predicted molar refractivity (Wildman–Crippen MR) is 101 cm³/mol. The van der Waals surface area contributed by atoms with Crippen molar-refractivity contribution in [3.8, 4) is 11.5 Å². The van der Waals surface area contributed by atoms with Crippen molar-refractivity contribution < 1.29 is 27.8 Å². The average molecular weight is 396 g/mol. The molecule has 1 aliphatic heterocycles. The molecule has 0 aromatic heterocycles. The van der Waals surface area contributed by atoms with Crippen molar-refractivity contribution in [1.82, 2.24) is 0 Å². The lowest BCUT2D eigenvalue weighted by Gasteiger charge is -2.10. The van der Waals surface area contributed by atoms with Crippen LogP contribution in [0.4, 0.5) is 20.2 Å². The number of anilines is 2. The molecule has 29 heavy (non-hydrogen) atoms.